The Hall–Kier alpha value is -3.91. The molecule has 0 aliphatic carbocycles. The van der Waals surface area contributed by atoms with Crippen molar-refractivity contribution in [3.05, 3.63) is 101 Å². The van der Waals surface area contributed by atoms with Gasteiger partial charge in [-0.15, -0.1) is 0 Å². The van der Waals surface area contributed by atoms with Crippen LogP contribution in [0.25, 0.3) is 0 Å². The largest absolute Gasteiger partial charge is 0.492 e. The number of amides is 1. The first-order valence-electron chi connectivity index (χ1n) is 12.1. The molecular formula is C30H33N3O2. The van der Waals surface area contributed by atoms with Gasteiger partial charge < -0.3 is 10.1 Å². The zero-order valence-electron chi connectivity index (χ0n) is 20.8. The van der Waals surface area contributed by atoms with Crippen molar-refractivity contribution in [3.63, 3.8) is 0 Å². The van der Waals surface area contributed by atoms with E-state index in [0.717, 1.165) is 52.9 Å². The maximum Gasteiger partial charge on any atom is 0.251 e. The Bertz CT molecular complexity index is 1200. The summed E-state index contributed by atoms with van der Waals surface area (Å²) in [5, 5.41) is 12.2. The van der Waals surface area contributed by atoms with E-state index < -0.39 is 0 Å². The SMILES string of the molecule is C=C(/C=C(N=C(CCCC)c1ccccc1)\C(C)=C/C)CNC(=O)c1ccc2c(c1)C(C#N)CO2. The minimum Gasteiger partial charge on any atom is -0.492 e. The number of unbranched alkanes of at least 4 members (excludes halogenated alkanes) is 1. The zero-order chi connectivity index (χ0) is 25.2. The molecule has 1 aliphatic rings. The number of carbonyl (C=O) groups excluding carboxylic acids is 1. The summed E-state index contributed by atoms with van der Waals surface area (Å²) in [7, 11) is 0. The molecule has 0 fully saturated rings. The molecule has 1 unspecified atom stereocenters. The highest BCUT2D eigenvalue weighted by Gasteiger charge is 2.25. The van der Waals surface area contributed by atoms with Crippen LogP contribution in [0, 0.1) is 11.3 Å². The van der Waals surface area contributed by atoms with Crippen LogP contribution in [0.4, 0.5) is 0 Å². The molecule has 0 saturated heterocycles. The molecular weight excluding hydrogens is 434 g/mol. The van der Waals surface area contributed by atoms with Crippen LogP contribution in [0.1, 0.15) is 67.4 Å². The fraction of sp³-hybridized carbons (Fsp3) is 0.300. The van der Waals surface area contributed by atoms with Gasteiger partial charge >= 0.3 is 0 Å². The number of rotatable bonds is 10. The number of ether oxygens (including phenoxy) is 1. The highest BCUT2D eigenvalue weighted by atomic mass is 16.5. The third kappa shape index (κ3) is 6.80. The van der Waals surface area contributed by atoms with Gasteiger partial charge in [-0.25, -0.2) is 0 Å². The Balaban J connectivity index is 1.76. The smallest absolute Gasteiger partial charge is 0.251 e. The monoisotopic (exact) mass is 467 g/mol. The van der Waals surface area contributed by atoms with E-state index >= 15 is 0 Å². The molecule has 5 heteroatoms. The van der Waals surface area contributed by atoms with E-state index in [1.165, 1.54) is 0 Å². The van der Waals surface area contributed by atoms with Crippen LogP contribution in [0.5, 0.6) is 5.75 Å². The Kier molecular flexibility index (Phi) is 9.20. The minimum atomic E-state index is -0.341. The molecule has 3 rings (SSSR count). The van der Waals surface area contributed by atoms with Gasteiger partial charge in [-0.1, -0.05) is 56.3 Å². The molecule has 0 radical (unpaired) electrons. The van der Waals surface area contributed by atoms with Crippen LogP contribution in [-0.2, 0) is 0 Å². The Labute approximate surface area is 208 Å². The molecule has 1 aliphatic heterocycles. The number of fused-ring (bicyclic) bond motifs is 1. The molecule has 180 valence electrons. The number of carbonyl (C=O) groups is 1. The van der Waals surface area contributed by atoms with E-state index in [0.29, 0.717) is 24.5 Å². The topological polar surface area (TPSA) is 74.5 Å². The van der Waals surface area contributed by atoms with Crippen molar-refractivity contribution in [2.24, 2.45) is 4.99 Å². The van der Waals surface area contributed by atoms with E-state index in [9.17, 15) is 10.1 Å². The molecule has 0 saturated carbocycles. The third-order valence-corrected chi connectivity index (χ3v) is 5.99. The van der Waals surface area contributed by atoms with Gasteiger partial charge in [-0.2, -0.15) is 5.26 Å². The van der Waals surface area contributed by atoms with Crippen molar-refractivity contribution in [1.29, 1.82) is 5.26 Å². The summed E-state index contributed by atoms with van der Waals surface area (Å²) in [6.45, 7) is 11.0. The van der Waals surface area contributed by atoms with Gasteiger partial charge in [-0.3, -0.25) is 9.79 Å². The van der Waals surface area contributed by atoms with Crippen LogP contribution >= 0.6 is 0 Å². The minimum absolute atomic E-state index is 0.216. The van der Waals surface area contributed by atoms with Crippen molar-refractivity contribution in [1.82, 2.24) is 5.32 Å². The second-order valence-corrected chi connectivity index (χ2v) is 8.62. The standard InChI is InChI=1S/C30H33N3O2/c1-5-7-13-27(23-11-9-8-10-12-23)33-28(22(4)6-2)16-21(3)19-32-30(34)24-14-15-29-26(17-24)25(18-31)20-35-29/h6,8-12,14-17,25H,3,5,7,13,19-20H2,1-2,4H3,(H,32,34)/b22-6-,28-16+,33-27?. The lowest BCUT2D eigenvalue weighted by Gasteiger charge is -2.11. The first kappa shape index (κ1) is 25.7. The second-order valence-electron chi connectivity index (χ2n) is 8.62. The summed E-state index contributed by atoms with van der Waals surface area (Å²) in [4.78, 5) is 17.8. The number of nitrogens with zero attached hydrogens (tertiary/aromatic N) is 2. The molecule has 35 heavy (non-hydrogen) atoms. The quantitative estimate of drug-likeness (QED) is 0.320. The van der Waals surface area contributed by atoms with Gasteiger partial charge in [0.25, 0.3) is 5.91 Å². The summed E-state index contributed by atoms with van der Waals surface area (Å²) in [5.74, 6) is 0.111. The van der Waals surface area contributed by atoms with Crippen LogP contribution in [0.2, 0.25) is 0 Å². The van der Waals surface area contributed by atoms with Gasteiger partial charge in [0, 0.05) is 23.4 Å². The molecule has 1 amide bonds. The lowest BCUT2D eigenvalue weighted by Crippen LogP contribution is -2.25. The molecule has 2 aromatic carbocycles. The van der Waals surface area contributed by atoms with Crippen molar-refractivity contribution < 1.29 is 9.53 Å². The average Bonchev–Trinajstić information content (AvgIpc) is 3.31. The average molecular weight is 468 g/mol. The van der Waals surface area contributed by atoms with Gasteiger partial charge in [0.05, 0.1) is 11.8 Å². The van der Waals surface area contributed by atoms with Crippen LogP contribution in [0.3, 0.4) is 0 Å². The van der Waals surface area contributed by atoms with E-state index in [4.69, 9.17) is 9.73 Å². The van der Waals surface area contributed by atoms with Crippen molar-refractivity contribution in [2.75, 3.05) is 13.2 Å². The maximum absolute atomic E-state index is 12.8. The Morgan fingerprint density at radius 1 is 1.26 bits per heavy atom. The number of hydrogen-bond donors (Lipinski definition) is 1. The number of nitrogens with one attached hydrogen (secondary N) is 1. The molecule has 5 nitrogen and oxygen atoms in total. The molecule has 0 spiro atoms. The Morgan fingerprint density at radius 3 is 2.71 bits per heavy atom. The maximum atomic E-state index is 12.8. The fourth-order valence-corrected chi connectivity index (χ4v) is 3.77. The molecule has 1 N–H and O–H groups in total. The highest BCUT2D eigenvalue weighted by molar-refractivity contribution is 6.01. The number of benzene rings is 2. The number of aliphatic imine (C=N–C) groups is 1. The van der Waals surface area contributed by atoms with Crippen LogP contribution in [0.15, 0.2) is 89.1 Å². The fourth-order valence-electron chi connectivity index (χ4n) is 3.77. The number of nitriles is 1. The van der Waals surface area contributed by atoms with E-state index in [2.05, 4.69) is 37.0 Å². The predicted molar refractivity (Wildman–Crippen MR) is 142 cm³/mol. The molecule has 0 aromatic heterocycles. The van der Waals surface area contributed by atoms with Crippen LogP contribution in [-0.4, -0.2) is 24.8 Å². The van der Waals surface area contributed by atoms with E-state index in [1.807, 2.05) is 44.2 Å². The number of allylic oxidation sites excluding steroid dienone is 2. The molecule has 1 atom stereocenters. The molecule has 0 bridgehead atoms. The lowest BCUT2D eigenvalue weighted by molar-refractivity contribution is 0.0957. The number of hydrogen-bond acceptors (Lipinski definition) is 4. The van der Waals surface area contributed by atoms with Crippen LogP contribution < -0.4 is 10.1 Å². The summed E-state index contributed by atoms with van der Waals surface area (Å²) in [6, 6.07) is 17.7. The summed E-state index contributed by atoms with van der Waals surface area (Å²) >= 11 is 0. The first-order chi connectivity index (χ1) is 17.0. The lowest BCUT2D eigenvalue weighted by atomic mass is 10.00. The normalized spacial score (nSPS) is 15.7. The van der Waals surface area contributed by atoms with Crippen molar-refractivity contribution >= 4 is 11.6 Å². The first-order valence-corrected chi connectivity index (χ1v) is 12.1. The van der Waals surface area contributed by atoms with Gasteiger partial charge in [0.1, 0.15) is 18.3 Å². The summed E-state index contributed by atoms with van der Waals surface area (Å²) in [5.41, 5.74) is 6.06. The highest BCUT2D eigenvalue weighted by Crippen LogP contribution is 2.34. The zero-order valence-corrected chi connectivity index (χ0v) is 20.8. The molecule has 2 aromatic rings. The van der Waals surface area contributed by atoms with Crippen molar-refractivity contribution in [3.8, 4) is 11.8 Å². The van der Waals surface area contributed by atoms with Crippen molar-refractivity contribution in [2.45, 2.75) is 46.0 Å². The predicted octanol–water partition coefficient (Wildman–Crippen LogP) is 6.50. The third-order valence-electron chi connectivity index (χ3n) is 5.99. The van der Waals surface area contributed by atoms with Gasteiger partial charge in [0.15, 0.2) is 0 Å². The summed E-state index contributed by atoms with van der Waals surface area (Å²) < 4.78 is 5.51. The Morgan fingerprint density at radius 2 is 2.03 bits per heavy atom. The van der Waals surface area contributed by atoms with E-state index in [1.54, 1.807) is 18.2 Å². The van der Waals surface area contributed by atoms with Gasteiger partial charge in [0.2, 0.25) is 0 Å². The molecule has 1 heterocycles. The van der Waals surface area contributed by atoms with Gasteiger partial charge in [-0.05, 0) is 67.7 Å². The van der Waals surface area contributed by atoms with E-state index in [-0.39, 0.29) is 11.8 Å². The summed E-state index contributed by atoms with van der Waals surface area (Å²) in [6.07, 6.45) is 7.01. The second kappa shape index (κ2) is 12.5.